The third kappa shape index (κ3) is 3.91. The molecule has 1 unspecified atom stereocenters. The highest BCUT2D eigenvalue weighted by Gasteiger charge is 2.38. The van der Waals surface area contributed by atoms with Crippen LogP contribution in [0.15, 0.2) is 23.1 Å². The molecule has 0 bridgehead atoms. The molecule has 0 aliphatic heterocycles. The quantitative estimate of drug-likeness (QED) is 0.707. The molecule has 0 radical (unpaired) electrons. The number of amides is 1. The lowest BCUT2D eigenvalue weighted by Crippen LogP contribution is -2.40. The Hall–Kier alpha value is -1.83. The maximum Gasteiger partial charge on any atom is 0.416 e. The second-order valence-electron chi connectivity index (χ2n) is 3.21. The molecule has 8 heteroatoms. The number of aromatic nitrogens is 1. The van der Waals surface area contributed by atoms with Crippen LogP contribution in [0.4, 0.5) is 13.2 Å². The predicted octanol–water partition coefficient (Wildman–Crippen LogP) is 0.0279. The van der Waals surface area contributed by atoms with E-state index < -0.39 is 30.3 Å². The van der Waals surface area contributed by atoms with Crippen molar-refractivity contribution in [3.63, 3.8) is 0 Å². The maximum absolute atomic E-state index is 11.9. The first-order chi connectivity index (χ1) is 7.80. The summed E-state index contributed by atoms with van der Waals surface area (Å²) in [7, 11) is 0. The van der Waals surface area contributed by atoms with Gasteiger partial charge >= 0.3 is 6.18 Å². The number of halogens is 3. The van der Waals surface area contributed by atoms with Gasteiger partial charge < -0.3 is 15.4 Å². The number of rotatable bonds is 3. The van der Waals surface area contributed by atoms with Gasteiger partial charge in [-0.1, -0.05) is 0 Å². The molecule has 0 fully saturated rings. The smallest absolute Gasteiger partial charge is 0.382 e. The van der Waals surface area contributed by atoms with Gasteiger partial charge in [0.25, 0.3) is 5.91 Å². The molecule has 0 aromatic carbocycles. The van der Waals surface area contributed by atoms with Crippen molar-refractivity contribution in [3.05, 3.63) is 34.2 Å². The number of nitrogens with one attached hydrogen (secondary N) is 2. The van der Waals surface area contributed by atoms with Crippen LogP contribution in [0.3, 0.4) is 0 Å². The summed E-state index contributed by atoms with van der Waals surface area (Å²) in [5.41, 5.74) is -0.434. The normalized spacial score (nSPS) is 13.2. The summed E-state index contributed by atoms with van der Waals surface area (Å²) in [5, 5.41) is 10.5. The van der Waals surface area contributed by atoms with Gasteiger partial charge in [0.1, 0.15) is 0 Å². The minimum atomic E-state index is -4.78. The lowest BCUT2D eigenvalue weighted by atomic mass is 10.2. The zero-order chi connectivity index (χ0) is 13.1. The van der Waals surface area contributed by atoms with Crippen molar-refractivity contribution in [2.24, 2.45) is 0 Å². The van der Waals surface area contributed by atoms with E-state index in [1.165, 1.54) is 0 Å². The molecule has 1 rings (SSSR count). The summed E-state index contributed by atoms with van der Waals surface area (Å²) in [6, 6.07) is 2.23. The van der Waals surface area contributed by atoms with Crippen molar-refractivity contribution in [1.29, 1.82) is 0 Å². The summed E-state index contributed by atoms with van der Waals surface area (Å²) >= 11 is 0. The van der Waals surface area contributed by atoms with E-state index >= 15 is 0 Å². The van der Waals surface area contributed by atoms with Crippen LogP contribution in [-0.2, 0) is 0 Å². The molecular weight excluding hydrogens is 241 g/mol. The van der Waals surface area contributed by atoms with Crippen molar-refractivity contribution >= 4 is 5.91 Å². The molecular formula is C9H9F3N2O3. The SMILES string of the molecule is O=C(NCC(O)C(F)(F)F)c1ccc(=O)[nH]c1. The molecule has 0 saturated heterocycles. The first kappa shape index (κ1) is 13.2. The first-order valence-electron chi connectivity index (χ1n) is 4.52. The molecule has 0 spiro atoms. The minimum absolute atomic E-state index is 0.000950. The van der Waals surface area contributed by atoms with Crippen LogP contribution in [-0.4, -0.2) is 34.8 Å². The number of carbonyl (C=O) groups is 1. The molecule has 94 valence electrons. The Labute approximate surface area is 93.3 Å². The van der Waals surface area contributed by atoms with Crippen molar-refractivity contribution in [1.82, 2.24) is 10.3 Å². The van der Waals surface area contributed by atoms with E-state index in [9.17, 15) is 22.8 Å². The van der Waals surface area contributed by atoms with Gasteiger partial charge in [0.2, 0.25) is 5.56 Å². The molecule has 3 N–H and O–H groups in total. The number of aromatic amines is 1. The van der Waals surface area contributed by atoms with Gasteiger partial charge in [-0.3, -0.25) is 9.59 Å². The van der Waals surface area contributed by atoms with Gasteiger partial charge in [-0.05, 0) is 6.07 Å². The Morgan fingerprint density at radius 2 is 2.12 bits per heavy atom. The second kappa shape index (κ2) is 5.00. The molecule has 17 heavy (non-hydrogen) atoms. The number of H-pyrrole nitrogens is 1. The monoisotopic (exact) mass is 250 g/mol. The summed E-state index contributed by atoms with van der Waals surface area (Å²) in [6.07, 6.45) is -6.33. The van der Waals surface area contributed by atoms with Crippen LogP contribution in [0.25, 0.3) is 0 Å². The van der Waals surface area contributed by atoms with Crippen LogP contribution in [0, 0.1) is 0 Å². The zero-order valence-corrected chi connectivity index (χ0v) is 8.41. The molecule has 1 atom stereocenters. The lowest BCUT2D eigenvalue weighted by molar-refractivity contribution is -0.201. The van der Waals surface area contributed by atoms with Crippen LogP contribution in [0.2, 0.25) is 0 Å². The zero-order valence-electron chi connectivity index (χ0n) is 8.41. The summed E-state index contributed by atoms with van der Waals surface area (Å²) in [6.45, 7) is -0.943. The van der Waals surface area contributed by atoms with Crippen molar-refractivity contribution in [2.75, 3.05) is 6.54 Å². The molecule has 1 aromatic rings. The van der Waals surface area contributed by atoms with Crippen LogP contribution in [0.5, 0.6) is 0 Å². The third-order valence-electron chi connectivity index (χ3n) is 1.88. The standard InChI is InChI=1S/C9H9F3N2O3/c10-9(11,12)6(15)4-14-8(17)5-1-2-7(16)13-3-5/h1-3,6,15H,4H2,(H,13,16)(H,14,17). The number of carbonyl (C=O) groups excluding carboxylic acids is 1. The van der Waals surface area contributed by atoms with E-state index in [1.807, 2.05) is 5.32 Å². The number of aliphatic hydroxyl groups is 1. The Morgan fingerprint density at radius 3 is 2.59 bits per heavy atom. The van der Waals surface area contributed by atoms with Crippen molar-refractivity contribution in [3.8, 4) is 0 Å². The van der Waals surface area contributed by atoms with Gasteiger partial charge in [-0.2, -0.15) is 13.2 Å². The third-order valence-corrected chi connectivity index (χ3v) is 1.88. The van der Waals surface area contributed by atoms with Crippen molar-refractivity contribution < 1.29 is 23.1 Å². The molecule has 5 nitrogen and oxygen atoms in total. The van der Waals surface area contributed by atoms with E-state index in [0.717, 1.165) is 18.3 Å². The van der Waals surface area contributed by atoms with Gasteiger partial charge in [-0.25, -0.2) is 0 Å². The van der Waals surface area contributed by atoms with Gasteiger partial charge in [0.15, 0.2) is 6.10 Å². The van der Waals surface area contributed by atoms with Crippen LogP contribution >= 0.6 is 0 Å². The first-order valence-corrected chi connectivity index (χ1v) is 4.52. The van der Waals surface area contributed by atoms with Gasteiger partial charge in [0, 0.05) is 12.3 Å². The molecule has 1 heterocycles. The summed E-state index contributed by atoms with van der Waals surface area (Å²) in [5.74, 6) is -0.815. The Morgan fingerprint density at radius 1 is 1.47 bits per heavy atom. The molecule has 1 aromatic heterocycles. The number of alkyl halides is 3. The van der Waals surface area contributed by atoms with Gasteiger partial charge in [0.05, 0.1) is 12.1 Å². The van der Waals surface area contributed by atoms with E-state index in [1.54, 1.807) is 0 Å². The Balaban J connectivity index is 2.56. The van der Waals surface area contributed by atoms with Crippen LogP contribution in [0.1, 0.15) is 10.4 Å². The fourth-order valence-corrected chi connectivity index (χ4v) is 0.959. The average molecular weight is 250 g/mol. The average Bonchev–Trinajstić information content (AvgIpc) is 2.25. The Kier molecular flexibility index (Phi) is 3.89. The van der Waals surface area contributed by atoms with E-state index in [-0.39, 0.29) is 5.56 Å². The number of hydrogen-bond acceptors (Lipinski definition) is 3. The van der Waals surface area contributed by atoms with E-state index in [2.05, 4.69) is 4.98 Å². The molecule has 0 aliphatic carbocycles. The molecule has 1 amide bonds. The summed E-state index contributed by atoms with van der Waals surface area (Å²) < 4.78 is 35.7. The molecule has 0 saturated carbocycles. The maximum atomic E-state index is 11.9. The predicted molar refractivity (Wildman–Crippen MR) is 51.5 cm³/mol. The lowest BCUT2D eigenvalue weighted by Gasteiger charge is -2.14. The Bertz CT molecular complexity index is 435. The van der Waals surface area contributed by atoms with Crippen molar-refractivity contribution in [2.45, 2.75) is 12.3 Å². The minimum Gasteiger partial charge on any atom is -0.382 e. The van der Waals surface area contributed by atoms with Crippen LogP contribution < -0.4 is 10.9 Å². The fraction of sp³-hybridized carbons (Fsp3) is 0.333. The second-order valence-corrected chi connectivity index (χ2v) is 3.21. The fourth-order valence-electron chi connectivity index (χ4n) is 0.959. The summed E-state index contributed by atoms with van der Waals surface area (Å²) in [4.78, 5) is 24.1. The number of hydrogen-bond donors (Lipinski definition) is 3. The largest absolute Gasteiger partial charge is 0.416 e. The number of pyridine rings is 1. The highest BCUT2D eigenvalue weighted by molar-refractivity contribution is 5.93. The van der Waals surface area contributed by atoms with E-state index in [0.29, 0.717) is 0 Å². The van der Waals surface area contributed by atoms with E-state index in [4.69, 9.17) is 5.11 Å². The highest BCUT2D eigenvalue weighted by Crippen LogP contribution is 2.19. The number of aliphatic hydroxyl groups excluding tert-OH is 1. The molecule has 0 aliphatic rings. The topological polar surface area (TPSA) is 82.2 Å². The highest BCUT2D eigenvalue weighted by atomic mass is 19.4. The van der Waals surface area contributed by atoms with Gasteiger partial charge in [-0.15, -0.1) is 0 Å².